The summed E-state index contributed by atoms with van der Waals surface area (Å²) >= 11 is 0. The zero-order valence-electron chi connectivity index (χ0n) is 18.6. The van der Waals surface area contributed by atoms with Crippen molar-refractivity contribution in [2.45, 2.75) is 53.3 Å². The van der Waals surface area contributed by atoms with E-state index in [-0.39, 0.29) is 12.0 Å². The molecule has 0 spiro atoms. The first kappa shape index (κ1) is 21.0. The number of aryl methyl sites for hydroxylation is 1. The molecule has 162 valence electrons. The van der Waals surface area contributed by atoms with E-state index in [0.29, 0.717) is 25.3 Å². The molecule has 0 bridgehead atoms. The minimum Gasteiger partial charge on any atom is -0.494 e. The van der Waals surface area contributed by atoms with Gasteiger partial charge in [0.1, 0.15) is 17.6 Å². The Morgan fingerprint density at radius 2 is 2.03 bits per heavy atom. The minimum absolute atomic E-state index is 0.133. The van der Waals surface area contributed by atoms with Crippen molar-refractivity contribution in [2.75, 3.05) is 6.61 Å². The largest absolute Gasteiger partial charge is 0.494 e. The van der Waals surface area contributed by atoms with Crippen LogP contribution in [0.25, 0.3) is 0 Å². The molecule has 1 aromatic heterocycles. The Labute approximate surface area is 183 Å². The Hall–Kier alpha value is -3.28. The molecular formula is C25H29N3O3. The van der Waals surface area contributed by atoms with Crippen LogP contribution in [0.2, 0.25) is 0 Å². The molecule has 0 fully saturated rings. The van der Waals surface area contributed by atoms with E-state index in [4.69, 9.17) is 9.47 Å². The van der Waals surface area contributed by atoms with Crippen LogP contribution < -0.4 is 14.8 Å². The number of benzene rings is 2. The van der Waals surface area contributed by atoms with Gasteiger partial charge in [-0.2, -0.15) is 5.10 Å². The standard InChI is InChI=1S/C25H29N3O3/c1-5-30-22-12-20-11-16(2)31-23(20)13-21(22)14-26-25(29)24-17(3)27-28(18(24)4)15-19-9-7-6-8-10-19/h6-10,12-13,16H,5,11,14-15H2,1-4H3,(H,26,29)/t16-/m0/s1. The molecule has 1 aliphatic rings. The van der Waals surface area contributed by atoms with Crippen molar-refractivity contribution in [1.82, 2.24) is 15.1 Å². The summed E-state index contributed by atoms with van der Waals surface area (Å²) in [5, 5.41) is 7.64. The lowest BCUT2D eigenvalue weighted by molar-refractivity contribution is 0.0949. The minimum atomic E-state index is -0.133. The topological polar surface area (TPSA) is 65.4 Å². The smallest absolute Gasteiger partial charge is 0.255 e. The van der Waals surface area contributed by atoms with Crippen LogP contribution in [0, 0.1) is 13.8 Å². The van der Waals surface area contributed by atoms with Crippen molar-refractivity contribution in [1.29, 1.82) is 0 Å². The van der Waals surface area contributed by atoms with Gasteiger partial charge in [0.05, 0.1) is 24.4 Å². The van der Waals surface area contributed by atoms with Gasteiger partial charge in [0.25, 0.3) is 5.91 Å². The quantitative estimate of drug-likeness (QED) is 0.623. The summed E-state index contributed by atoms with van der Waals surface area (Å²) in [5.74, 6) is 1.54. The van der Waals surface area contributed by atoms with Crippen molar-refractivity contribution in [2.24, 2.45) is 0 Å². The van der Waals surface area contributed by atoms with Crippen molar-refractivity contribution >= 4 is 5.91 Å². The number of nitrogens with one attached hydrogen (secondary N) is 1. The zero-order chi connectivity index (χ0) is 22.0. The van der Waals surface area contributed by atoms with Gasteiger partial charge in [-0.25, -0.2) is 0 Å². The van der Waals surface area contributed by atoms with Crippen molar-refractivity contribution in [3.63, 3.8) is 0 Å². The highest BCUT2D eigenvalue weighted by Gasteiger charge is 2.23. The highest BCUT2D eigenvalue weighted by atomic mass is 16.5. The van der Waals surface area contributed by atoms with E-state index in [0.717, 1.165) is 46.0 Å². The Morgan fingerprint density at radius 3 is 2.77 bits per heavy atom. The van der Waals surface area contributed by atoms with Crippen LogP contribution in [0.4, 0.5) is 0 Å². The van der Waals surface area contributed by atoms with Gasteiger partial charge in [-0.15, -0.1) is 0 Å². The Kier molecular flexibility index (Phi) is 5.98. The fourth-order valence-corrected chi connectivity index (χ4v) is 4.11. The molecule has 6 heteroatoms. The molecule has 31 heavy (non-hydrogen) atoms. The Balaban J connectivity index is 1.51. The number of amides is 1. The molecule has 0 aliphatic carbocycles. The van der Waals surface area contributed by atoms with E-state index >= 15 is 0 Å². The monoisotopic (exact) mass is 419 g/mol. The third-order valence-corrected chi connectivity index (χ3v) is 5.60. The van der Waals surface area contributed by atoms with E-state index in [1.165, 1.54) is 0 Å². The molecule has 4 rings (SSSR count). The van der Waals surface area contributed by atoms with Gasteiger partial charge < -0.3 is 14.8 Å². The second-order valence-corrected chi connectivity index (χ2v) is 8.01. The molecule has 3 aromatic rings. The molecule has 2 heterocycles. The summed E-state index contributed by atoms with van der Waals surface area (Å²) in [6.07, 6.45) is 1.04. The predicted octanol–water partition coefficient (Wildman–Crippen LogP) is 4.20. The maximum Gasteiger partial charge on any atom is 0.255 e. The van der Waals surface area contributed by atoms with Gasteiger partial charge in [0.2, 0.25) is 0 Å². The number of hydrogen-bond acceptors (Lipinski definition) is 4. The van der Waals surface area contributed by atoms with E-state index < -0.39 is 0 Å². The number of aromatic nitrogens is 2. The molecule has 0 saturated heterocycles. The molecule has 1 aliphatic heterocycles. The molecule has 2 aromatic carbocycles. The van der Waals surface area contributed by atoms with Crippen LogP contribution in [0.15, 0.2) is 42.5 Å². The van der Waals surface area contributed by atoms with E-state index in [1.807, 2.05) is 55.8 Å². The van der Waals surface area contributed by atoms with Crippen molar-refractivity contribution in [3.8, 4) is 11.5 Å². The van der Waals surface area contributed by atoms with Crippen LogP contribution in [-0.2, 0) is 19.5 Å². The van der Waals surface area contributed by atoms with Gasteiger partial charge in [0, 0.05) is 29.8 Å². The maximum absolute atomic E-state index is 13.0. The number of ether oxygens (including phenoxy) is 2. The van der Waals surface area contributed by atoms with E-state index in [9.17, 15) is 4.79 Å². The number of fused-ring (bicyclic) bond motifs is 1. The van der Waals surface area contributed by atoms with Crippen LogP contribution in [0.5, 0.6) is 11.5 Å². The van der Waals surface area contributed by atoms with Crippen molar-refractivity contribution in [3.05, 3.63) is 76.1 Å². The average molecular weight is 420 g/mol. The van der Waals surface area contributed by atoms with Crippen LogP contribution >= 0.6 is 0 Å². The summed E-state index contributed by atoms with van der Waals surface area (Å²) in [4.78, 5) is 13.0. The SMILES string of the molecule is CCOc1cc2c(cc1CNC(=O)c1c(C)nn(Cc3ccccc3)c1C)O[C@@H](C)C2. The third kappa shape index (κ3) is 4.43. The molecule has 1 atom stereocenters. The summed E-state index contributed by atoms with van der Waals surface area (Å²) < 4.78 is 13.6. The van der Waals surface area contributed by atoms with E-state index in [1.54, 1.807) is 0 Å². The summed E-state index contributed by atoms with van der Waals surface area (Å²) in [6, 6.07) is 14.1. The first-order valence-corrected chi connectivity index (χ1v) is 10.8. The van der Waals surface area contributed by atoms with Gasteiger partial charge >= 0.3 is 0 Å². The number of rotatable bonds is 7. The highest BCUT2D eigenvalue weighted by molar-refractivity contribution is 5.96. The second kappa shape index (κ2) is 8.84. The number of hydrogen-bond donors (Lipinski definition) is 1. The maximum atomic E-state index is 13.0. The fraction of sp³-hybridized carbons (Fsp3) is 0.360. The number of carbonyl (C=O) groups is 1. The molecule has 0 radical (unpaired) electrons. The molecule has 0 saturated carbocycles. The molecule has 1 N–H and O–H groups in total. The summed E-state index contributed by atoms with van der Waals surface area (Å²) in [7, 11) is 0. The second-order valence-electron chi connectivity index (χ2n) is 8.01. The number of carbonyl (C=O) groups excluding carboxylic acids is 1. The first-order valence-electron chi connectivity index (χ1n) is 10.8. The molecule has 0 unspecified atom stereocenters. The highest BCUT2D eigenvalue weighted by Crippen LogP contribution is 2.35. The normalized spacial score (nSPS) is 14.8. The first-order chi connectivity index (χ1) is 15.0. The van der Waals surface area contributed by atoms with Gasteiger partial charge in [-0.1, -0.05) is 30.3 Å². The van der Waals surface area contributed by atoms with E-state index in [2.05, 4.69) is 29.5 Å². The Morgan fingerprint density at radius 1 is 1.26 bits per heavy atom. The fourth-order valence-electron chi connectivity index (χ4n) is 4.11. The van der Waals surface area contributed by atoms with Gasteiger partial charge in [0.15, 0.2) is 0 Å². The lowest BCUT2D eigenvalue weighted by Gasteiger charge is -2.13. The Bertz CT molecular complexity index is 1090. The molecule has 6 nitrogen and oxygen atoms in total. The summed E-state index contributed by atoms with van der Waals surface area (Å²) in [5.41, 5.74) is 5.42. The van der Waals surface area contributed by atoms with Crippen LogP contribution in [0.3, 0.4) is 0 Å². The van der Waals surface area contributed by atoms with Crippen molar-refractivity contribution < 1.29 is 14.3 Å². The van der Waals surface area contributed by atoms with Crippen LogP contribution in [-0.4, -0.2) is 28.4 Å². The zero-order valence-corrected chi connectivity index (χ0v) is 18.6. The molecule has 1 amide bonds. The molecular weight excluding hydrogens is 390 g/mol. The summed E-state index contributed by atoms with van der Waals surface area (Å²) in [6.45, 7) is 9.40. The average Bonchev–Trinajstić information content (AvgIpc) is 3.24. The number of nitrogens with zero attached hydrogens (tertiary/aromatic N) is 2. The van der Waals surface area contributed by atoms with Gasteiger partial charge in [-0.3, -0.25) is 9.48 Å². The lowest BCUT2D eigenvalue weighted by atomic mass is 10.1. The third-order valence-electron chi connectivity index (χ3n) is 5.60. The predicted molar refractivity (Wildman–Crippen MR) is 120 cm³/mol. The van der Waals surface area contributed by atoms with Crippen LogP contribution in [0.1, 0.15) is 52.3 Å². The van der Waals surface area contributed by atoms with Gasteiger partial charge in [-0.05, 0) is 45.4 Å². The lowest BCUT2D eigenvalue weighted by Crippen LogP contribution is -2.24.